The van der Waals surface area contributed by atoms with Gasteiger partial charge in [-0.05, 0) is 49.6 Å². The summed E-state index contributed by atoms with van der Waals surface area (Å²) in [7, 11) is 0. The van der Waals surface area contributed by atoms with Gasteiger partial charge in [0.05, 0.1) is 0 Å². The SMILES string of the molecule is CCOCCCC(=O)Nc1ccc2c(c1)CNCC2. The lowest BCUT2D eigenvalue weighted by molar-refractivity contribution is -0.116. The number of carbonyl (C=O) groups is 1. The molecule has 0 saturated carbocycles. The highest BCUT2D eigenvalue weighted by Gasteiger charge is 2.10. The molecule has 1 amide bonds. The lowest BCUT2D eigenvalue weighted by Gasteiger charge is -2.18. The van der Waals surface area contributed by atoms with Crippen molar-refractivity contribution in [1.82, 2.24) is 5.32 Å². The first-order chi connectivity index (χ1) is 9.29. The molecule has 19 heavy (non-hydrogen) atoms. The van der Waals surface area contributed by atoms with Crippen molar-refractivity contribution in [3.05, 3.63) is 29.3 Å². The molecule has 0 aromatic heterocycles. The fraction of sp³-hybridized carbons (Fsp3) is 0.533. The minimum absolute atomic E-state index is 0.0587. The fourth-order valence-corrected chi connectivity index (χ4v) is 2.26. The molecule has 0 fully saturated rings. The van der Waals surface area contributed by atoms with Gasteiger partial charge < -0.3 is 15.4 Å². The molecule has 1 aromatic carbocycles. The van der Waals surface area contributed by atoms with Gasteiger partial charge in [-0.15, -0.1) is 0 Å². The number of hydrogen-bond acceptors (Lipinski definition) is 3. The normalized spacial score (nSPS) is 13.9. The average molecular weight is 262 g/mol. The summed E-state index contributed by atoms with van der Waals surface area (Å²) >= 11 is 0. The molecule has 1 aromatic rings. The minimum atomic E-state index is 0.0587. The predicted molar refractivity (Wildman–Crippen MR) is 76.2 cm³/mol. The Labute approximate surface area is 114 Å². The first kappa shape index (κ1) is 14.0. The zero-order chi connectivity index (χ0) is 13.5. The average Bonchev–Trinajstić information content (AvgIpc) is 2.43. The number of amides is 1. The summed E-state index contributed by atoms with van der Waals surface area (Å²) < 4.78 is 5.22. The molecule has 1 heterocycles. The first-order valence-electron chi connectivity index (χ1n) is 6.99. The Morgan fingerprint density at radius 1 is 1.42 bits per heavy atom. The molecule has 2 rings (SSSR count). The van der Waals surface area contributed by atoms with Crippen molar-refractivity contribution in [3.8, 4) is 0 Å². The molecule has 0 spiro atoms. The van der Waals surface area contributed by atoms with Crippen LogP contribution in [0.25, 0.3) is 0 Å². The molecular weight excluding hydrogens is 240 g/mol. The number of nitrogens with one attached hydrogen (secondary N) is 2. The van der Waals surface area contributed by atoms with E-state index in [0.29, 0.717) is 19.6 Å². The van der Waals surface area contributed by atoms with E-state index >= 15 is 0 Å². The summed E-state index contributed by atoms with van der Waals surface area (Å²) in [5, 5.41) is 6.29. The largest absolute Gasteiger partial charge is 0.382 e. The summed E-state index contributed by atoms with van der Waals surface area (Å²) in [4.78, 5) is 11.8. The maximum Gasteiger partial charge on any atom is 0.224 e. The van der Waals surface area contributed by atoms with Crippen LogP contribution in [0.4, 0.5) is 5.69 Å². The molecule has 0 aliphatic carbocycles. The molecule has 0 bridgehead atoms. The molecule has 1 aliphatic rings. The Balaban J connectivity index is 1.83. The highest BCUT2D eigenvalue weighted by Crippen LogP contribution is 2.19. The summed E-state index contributed by atoms with van der Waals surface area (Å²) in [5.74, 6) is 0.0587. The van der Waals surface area contributed by atoms with Crippen LogP contribution in [0, 0.1) is 0 Å². The Kier molecular flexibility index (Phi) is 5.36. The summed E-state index contributed by atoms with van der Waals surface area (Å²) in [6, 6.07) is 6.18. The number of ether oxygens (including phenoxy) is 1. The van der Waals surface area contributed by atoms with E-state index in [-0.39, 0.29) is 5.91 Å². The van der Waals surface area contributed by atoms with Crippen molar-refractivity contribution in [2.75, 3.05) is 25.1 Å². The third kappa shape index (κ3) is 4.33. The maximum atomic E-state index is 11.8. The first-order valence-corrected chi connectivity index (χ1v) is 6.99. The summed E-state index contributed by atoms with van der Waals surface area (Å²) in [5.41, 5.74) is 3.57. The molecule has 104 valence electrons. The number of anilines is 1. The van der Waals surface area contributed by atoms with Crippen LogP contribution < -0.4 is 10.6 Å². The Hall–Kier alpha value is -1.39. The number of rotatable bonds is 6. The van der Waals surface area contributed by atoms with E-state index in [1.54, 1.807) is 0 Å². The third-order valence-corrected chi connectivity index (χ3v) is 3.27. The molecular formula is C15H22N2O2. The summed E-state index contributed by atoms with van der Waals surface area (Å²) in [6.07, 6.45) is 2.35. The van der Waals surface area contributed by atoms with Gasteiger partial charge in [0.1, 0.15) is 0 Å². The lowest BCUT2D eigenvalue weighted by atomic mass is 10.0. The van der Waals surface area contributed by atoms with Crippen LogP contribution in [0.2, 0.25) is 0 Å². The van der Waals surface area contributed by atoms with E-state index in [0.717, 1.165) is 31.6 Å². The molecule has 1 aliphatic heterocycles. The number of fused-ring (bicyclic) bond motifs is 1. The highest BCUT2D eigenvalue weighted by atomic mass is 16.5. The van der Waals surface area contributed by atoms with Gasteiger partial charge in [0, 0.05) is 31.9 Å². The molecule has 0 unspecified atom stereocenters. The van der Waals surface area contributed by atoms with Crippen LogP contribution in [0.1, 0.15) is 30.9 Å². The van der Waals surface area contributed by atoms with Crippen LogP contribution in [0.15, 0.2) is 18.2 Å². The predicted octanol–water partition coefficient (Wildman–Crippen LogP) is 2.09. The van der Waals surface area contributed by atoms with Gasteiger partial charge in [-0.3, -0.25) is 4.79 Å². The number of benzene rings is 1. The van der Waals surface area contributed by atoms with E-state index in [1.165, 1.54) is 11.1 Å². The van der Waals surface area contributed by atoms with Crippen LogP contribution in [0.5, 0.6) is 0 Å². The van der Waals surface area contributed by atoms with Crippen molar-refractivity contribution in [2.24, 2.45) is 0 Å². The Morgan fingerprint density at radius 3 is 3.16 bits per heavy atom. The van der Waals surface area contributed by atoms with E-state index < -0.39 is 0 Å². The number of hydrogen-bond donors (Lipinski definition) is 2. The molecule has 4 nitrogen and oxygen atoms in total. The zero-order valence-electron chi connectivity index (χ0n) is 11.5. The van der Waals surface area contributed by atoms with Crippen LogP contribution in [-0.4, -0.2) is 25.7 Å². The van der Waals surface area contributed by atoms with Crippen molar-refractivity contribution >= 4 is 11.6 Å². The van der Waals surface area contributed by atoms with E-state index in [1.807, 2.05) is 13.0 Å². The second kappa shape index (κ2) is 7.26. The minimum Gasteiger partial charge on any atom is -0.382 e. The molecule has 0 atom stereocenters. The van der Waals surface area contributed by atoms with Crippen molar-refractivity contribution in [2.45, 2.75) is 32.7 Å². The van der Waals surface area contributed by atoms with Crippen molar-refractivity contribution in [1.29, 1.82) is 0 Å². The maximum absolute atomic E-state index is 11.8. The lowest BCUT2D eigenvalue weighted by Crippen LogP contribution is -2.23. The smallest absolute Gasteiger partial charge is 0.224 e. The second-order valence-electron chi connectivity index (χ2n) is 4.76. The van der Waals surface area contributed by atoms with Gasteiger partial charge in [-0.25, -0.2) is 0 Å². The van der Waals surface area contributed by atoms with Crippen molar-refractivity contribution < 1.29 is 9.53 Å². The molecule has 4 heteroatoms. The quantitative estimate of drug-likeness (QED) is 0.772. The fourth-order valence-electron chi connectivity index (χ4n) is 2.26. The molecule has 0 saturated heterocycles. The zero-order valence-corrected chi connectivity index (χ0v) is 11.5. The van der Waals surface area contributed by atoms with E-state index in [4.69, 9.17) is 4.74 Å². The van der Waals surface area contributed by atoms with Crippen LogP contribution in [-0.2, 0) is 22.5 Å². The van der Waals surface area contributed by atoms with Crippen LogP contribution in [0.3, 0.4) is 0 Å². The van der Waals surface area contributed by atoms with Gasteiger partial charge >= 0.3 is 0 Å². The highest BCUT2D eigenvalue weighted by molar-refractivity contribution is 5.90. The monoisotopic (exact) mass is 262 g/mol. The van der Waals surface area contributed by atoms with E-state index in [2.05, 4.69) is 22.8 Å². The Morgan fingerprint density at radius 2 is 2.32 bits per heavy atom. The van der Waals surface area contributed by atoms with Crippen LogP contribution >= 0.6 is 0 Å². The van der Waals surface area contributed by atoms with Gasteiger partial charge in [0.25, 0.3) is 0 Å². The molecule has 0 radical (unpaired) electrons. The molecule has 2 N–H and O–H groups in total. The standard InChI is InChI=1S/C15H22N2O2/c1-2-19-9-3-4-15(18)17-14-6-5-12-7-8-16-11-13(12)10-14/h5-6,10,16H,2-4,7-9,11H2,1H3,(H,17,18). The van der Waals surface area contributed by atoms with E-state index in [9.17, 15) is 4.79 Å². The number of carbonyl (C=O) groups excluding carboxylic acids is 1. The summed E-state index contributed by atoms with van der Waals surface area (Å²) in [6.45, 7) is 5.25. The van der Waals surface area contributed by atoms with Gasteiger partial charge in [-0.2, -0.15) is 0 Å². The van der Waals surface area contributed by atoms with Gasteiger partial charge in [0.15, 0.2) is 0 Å². The third-order valence-electron chi connectivity index (χ3n) is 3.27. The van der Waals surface area contributed by atoms with Crippen molar-refractivity contribution in [3.63, 3.8) is 0 Å². The topological polar surface area (TPSA) is 50.4 Å². The second-order valence-corrected chi connectivity index (χ2v) is 4.76. The Bertz CT molecular complexity index is 432. The van der Waals surface area contributed by atoms with Gasteiger partial charge in [-0.1, -0.05) is 6.07 Å². The van der Waals surface area contributed by atoms with Gasteiger partial charge in [0.2, 0.25) is 5.91 Å².